The molecule has 6 nitrogen and oxygen atoms in total. The van der Waals surface area contributed by atoms with Gasteiger partial charge < -0.3 is 13.7 Å². The fourth-order valence-electron chi connectivity index (χ4n) is 8.88. The first-order valence-corrected chi connectivity index (χ1v) is 18.7. The van der Waals surface area contributed by atoms with E-state index in [-0.39, 0.29) is 0 Å². The molecular weight excluding hydrogens is 697 g/mol. The van der Waals surface area contributed by atoms with E-state index in [0.29, 0.717) is 16.7 Å². The molecule has 0 aliphatic carbocycles. The number of aromatic nitrogens is 3. The minimum Gasteiger partial charge on any atom is -0.309 e. The summed E-state index contributed by atoms with van der Waals surface area (Å²) < 4.78 is 6.76. The topological polar surface area (TPSA) is 86.2 Å². The van der Waals surface area contributed by atoms with Gasteiger partial charge in [-0.25, -0.2) is 0 Å². The Bertz CT molecular complexity index is 3490. The molecule has 6 heteroatoms. The molecule has 262 valence electrons. The number of rotatable bonds is 4. The number of benzene rings is 8. The van der Waals surface area contributed by atoms with Crippen LogP contribution in [0.1, 0.15) is 16.7 Å². The average Bonchev–Trinajstić information content (AvgIpc) is 3.91. The maximum atomic E-state index is 10.4. The molecule has 0 spiro atoms. The van der Waals surface area contributed by atoms with Gasteiger partial charge in [0.2, 0.25) is 0 Å². The van der Waals surface area contributed by atoms with Crippen LogP contribution in [0.2, 0.25) is 0 Å². The van der Waals surface area contributed by atoms with Gasteiger partial charge in [0, 0.05) is 49.3 Å². The molecule has 3 aromatic heterocycles. The van der Waals surface area contributed by atoms with Crippen LogP contribution in [0.5, 0.6) is 0 Å². The lowest BCUT2D eigenvalue weighted by Crippen LogP contribution is -2.01. The molecule has 11 aromatic rings. The van der Waals surface area contributed by atoms with E-state index in [4.69, 9.17) is 0 Å². The van der Waals surface area contributed by atoms with Crippen molar-refractivity contribution >= 4 is 65.4 Å². The Morgan fingerprint density at radius 3 is 1.35 bits per heavy atom. The van der Waals surface area contributed by atoms with E-state index in [1.165, 1.54) is 0 Å². The third-order valence-corrected chi connectivity index (χ3v) is 11.3. The van der Waals surface area contributed by atoms with Crippen LogP contribution in [0, 0.1) is 34.0 Å². The highest BCUT2D eigenvalue weighted by Gasteiger charge is 2.20. The molecule has 0 amide bonds. The summed E-state index contributed by atoms with van der Waals surface area (Å²) in [4.78, 5) is 0. The maximum Gasteiger partial charge on any atom is 0.101 e. The van der Waals surface area contributed by atoms with Crippen LogP contribution in [0.3, 0.4) is 0 Å². The summed E-state index contributed by atoms with van der Waals surface area (Å²) >= 11 is 0. The zero-order valence-corrected chi connectivity index (χ0v) is 30.3. The predicted octanol–water partition coefficient (Wildman–Crippen LogP) is 12.3. The Hall–Kier alpha value is -8.37. The smallest absolute Gasteiger partial charge is 0.101 e. The summed E-state index contributed by atoms with van der Waals surface area (Å²) in [6.45, 7) is 0. The Kier molecular flexibility index (Phi) is 6.95. The van der Waals surface area contributed by atoms with Crippen LogP contribution in [-0.4, -0.2) is 13.7 Å². The zero-order chi connectivity index (χ0) is 38.2. The molecule has 0 N–H and O–H groups in total. The second kappa shape index (κ2) is 12.3. The van der Waals surface area contributed by atoms with Gasteiger partial charge in [0.25, 0.3) is 0 Å². The molecule has 0 radical (unpaired) electrons. The Labute approximate surface area is 326 Å². The molecule has 0 aliphatic rings. The molecule has 0 atom stereocenters. The molecule has 8 aromatic carbocycles. The second-order valence-corrected chi connectivity index (χ2v) is 14.3. The molecule has 0 saturated carbocycles. The molecule has 11 rings (SSSR count). The van der Waals surface area contributed by atoms with Gasteiger partial charge in [0.05, 0.1) is 67.6 Å². The molecule has 0 aliphatic heterocycles. The highest BCUT2D eigenvalue weighted by molar-refractivity contribution is 6.13. The Morgan fingerprint density at radius 1 is 0.333 bits per heavy atom. The number of para-hydroxylation sites is 4. The van der Waals surface area contributed by atoms with E-state index in [0.717, 1.165) is 93.6 Å². The fourth-order valence-corrected chi connectivity index (χ4v) is 8.88. The van der Waals surface area contributed by atoms with Crippen molar-refractivity contribution in [2.45, 2.75) is 0 Å². The van der Waals surface area contributed by atoms with Crippen LogP contribution < -0.4 is 0 Å². The van der Waals surface area contributed by atoms with Gasteiger partial charge in [0.1, 0.15) is 6.07 Å². The van der Waals surface area contributed by atoms with Gasteiger partial charge in [0.15, 0.2) is 0 Å². The highest BCUT2D eigenvalue weighted by Crippen LogP contribution is 2.40. The van der Waals surface area contributed by atoms with Gasteiger partial charge in [-0.05, 0) is 96.6 Å². The average molecular weight is 725 g/mol. The van der Waals surface area contributed by atoms with Gasteiger partial charge in [-0.2, -0.15) is 15.8 Å². The first-order chi connectivity index (χ1) is 28.1. The third-order valence-electron chi connectivity index (χ3n) is 11.3. The molecule has 0 unspecified atom stereocenters. The van der Waals surface area contributed by atoms with Gasteiger partial charge >= 0.3 is 0 Å². The van der Waals surface area contributed by atoms with E-state index in [1.54, 1.807) is 0 Å². The summed E-state index contributed by atoms with van der Waals surface area (Å²) in [5, 5.41) is 36.3. The summed E-state index contributed by atoms with van der Waals surface area (Å²) in [5.74, 6) is 0. The number of fused-ring (bicyclic) bond motifs is 9. The third kappa shape index (κ3) is 4.68. The normalized spacial score (nSPS) is 11.5. The summed E-state index contributed by atoms with van der Waals surface area (Å²) in [6, 6.07) is 64.9. The lowest BCUT2D eigenvalue weighted by atomic mass is 9.99. The van der Waals surface area contributed by atoms with E-state index in [1.807, 2.05) is 48.5 Å². The Morgan fingerprint density at radius 2 is 0.789 bits per heavy atom. The van der Waals surface area contributed by atoms with Crippen molar-refractivity contribution in [2.24, 2.45) is 0 Å². The molecule has 0 bridgehead atoms. The SMILES string of the molecule is N#Cc1ccc2c(c1)c1cc(C#N)ccc1n2-c1ccc2c(c1)c1ccccc1n2-c1ccc(-c2cccc(C#N)c2-n2c3ccccc3c3ccccc32)cc1. The van der Waals surface area contributed by atoms with Crippen LogP contribution in [0.4, 0.5) is 0 Å². The first kappa shape index (κ1) is 32.1. The van der Waals surface area contributed by atoms with Crippen LogP contribution in [0.15, 0.2) is 170 Å². The van der Waals surface area contributed by atoms with Crippen LogP contribution in [0.25, 0.3) is 93.6 Å². The molecular formula is C51H28N6. The van der Waals surface area contributed by atoms with Crippen molar-refractivity contribution in [3.8, 4) is 46.4 Å². The van der Waals surface area contributed by atoms with Crippen LogP contribution in [-0.2, 0) is 0 Å². The quantitative estimate of drug-likeness (QED) is 0.181. The molecule has 3 heterocycles. The van der Waals surface area contributed by atoms with E-state index in [9.17, 15) is 15.8 Å². The minimum atomic E-state index is 0.578. The standard InChI is InChI=1S/C51H28N6/c52-29-32-16-23-48-42(26-32)43-27-33(30-53)17-24-49(43)56(48)37-22-25-50-44(28-37)41-11-3-4-13-45(41)55(50)36-20-18-34(19-21-36)38-12-7-8-35(31-54)51(38)57-46-14-5-1-9-39(46)40-10-2-6-15-47(40)57/h1-28H. The Balaban J connectivity index is 1.08. The van der Waals surface area contributed by atoms with Gasteiger partial charge in [-0.15, -0.1) is 0 Å². The van der Waals surface area contributed by atoms with Crippen molar-refractivity contribution in [3.63, 3.8) is 0 Å². The second-order valence-electron chi connectivity index (χ2n) is 14.3. The highest BCUT2D eigenvalue weighted by atomic mass is 15.0. The first-order valence-electron chi connectivity index (χ1n) is 18.7. The summed E-state index contributed by atoms with van der Waals surface area (Å²) in [6.07, 6.45) is 0. The largest absolute Gasteiger partial charge is 0.309 e. The molecule has 0 saturated heterocycles. The minimum absolute atomic E-state index is 0.578. The maximum absolute atomic E-state index is 10.4. The summed E-state index contributed by atoms with van der Waals surface area (Å²) in [7, 11) is 0. The molecule has 57 heavy (non-hydrogen) atoms. The summed E-state index contributed by atoms with van der Waals surface area (Å²) in [5.41, 5.74) is 12.9. The van der Waals surface area contributed by atoms with E-state index in [2.05, 4.69) is 153 Å². The fraction of sp³-hybridized carbons (Fsp3) is 0. The van der Waals surface area contributed by atoms with E-state index >= 15 is 0 Å². The van der Waals surface area contributed by atoms with Crippen molar-refractivity contribution < 1.29 is 0 Å². The number of nitrogens with zero attached hydrogens (tertiary/aromatic N) is 6. The van der Waals surface area contributed by atoms with E-state index < -0.39 is 0 Å². The number of hydrogen-bond acceptors (Lipinski definition) is 3. The number of nitriles is 3. The van der Waals surface area contributed by atoms with Gasteiger partial charge in [-0.3, -0.25) is 0 Å². The van der Waals surface area contributed by atoms with Crippen molar-refractivity contribution in [1.82, 2.24) is 13.7 Å². The van der Waals surface area contributed by atoms with Crippen molar-refractivity contribution in [2.75, 3.05) is 0 Å². The lowest BCUT2D eigenvalue weighted by molar-refractivity contribution is 1.16. The predicted molar refractivity (Wildman–Crippen MR) is 229 cm³/mol. The molecule has 0 fully saturated rings. The van der Waals surface area contributed by atoms with Crippen molar-refractivity contribution in [1.29, 1.82) is 15.8 Å². The lowest BCUT2D eigenvalue weighted by Gasteiger charge is -2.16. The number of hydrogen-bond donors (Lipinski definition) is 0. The van der Waals surface area contributed by atoms with Crippen molar-refractivity contribution in [3.05, 3.63) is 187 Å². The van der Waals surface area contributed by atoms with Crippen LogP contribution >= 0.6 is 0 Å². The monoisotopic (exact) mass is 724 g/mol. The zero-order valence-electron chi connectivity index (χ0n) is 30.3. The van der Waals surface area contributed by atoms with Gasteiger partial charge in [-0.1, -0.05) is 78.9 Å².